The molecule has 19 heavy (non-hydrogen) atoms. The van der Waals surface area contributed by atoms with Crippen molar-refractivity contribution < 1.29 is 13.9 Å². The van der Waals surface area contributed by atoms with Crippen LogP contribution in [-0.4, -0.2) is 25.7 Å². The maximum Gasteiger partial charge on any atom is 0.314 e. The van der Waals surface area contributed by atoms with E-state index in [0.717, 1.165) is 25.8 Å². The first-order chi connectivity index (χ1) is 8.74. The number of halogens is 2. The molecular formula is C14H19ClFNO2. The zero-order valence-electron chi connectivity index (χ0n) is 10.9. The zero-order valence-corrected chi connectivity index (χ0v) is 11.7. The second-order valence-corrected chi connectivity index (χ2v) is 4.58. The Bertz CT molecular complexity index is 422. The third-order valence-corrected chi connectivity index (χ3v) is 3.45. The van der Waals surface area contributed by atoms with Crippen LogP contribution in [0, 0.1) is 5.82 Å². The molecular weight excluding hydrogens is 269 g/mol. The van der Waals surface area contributed by atoms with Gasteiger partial charge in [-0.15, -0.1) is 12.4 Å². The Morgan fingerprint density at radius 2 is 2.16 bits per heavy atom. The molecule has 1 heterocycles. The summed E-state index contributed by atoms with van der Waals surface area (Å²) in [6, 6.07) is 6.38. The van der Waals surface area contributed by atoms with Crippen LogP contribution >= 0.6 is 12.4 Å². The van der Waals surface area contributed by atoms with Crippen LogP contribution in [-0.2, 0) is 9.53 Å². The summed E-state index contributed by atoms with van der Waals surface area (Å²) < 4.78 is 18.7. The largest absolute Gasteiger partial charge is 0.469 e. The molecule has 0 aromatic heterocycles. The van der Waals surface area contributed by atoms with Crippen molar-refractivity contribution >= 4 is 18.4 Å². The highest BCUT2D eigenvalue weighted by molar-refractivity contribution is 5.85. The lowest BCUT2D eigenvalue weighted by molar-refractivity contribution is -0.143. The second kappa shape index (κ2) is 7.46. The van der Waals surface area contributed by atoms with Gasteiger partial charge in [0.15, 0.2) is 0 Å². The molecule has 2 rings (SSSR count). The summed E-state index contributed by atoms with van der Waals surface area (Å²) in [6.45, 7) is 0.868. The van der Waals surface area contributed by atoms with Crippen molar-refractivity contribution in [1.82, 2.24) is 5.32 Å². The molecule has 1 saturated heterocycles. The highest BCUT2D eigenvalue weighted by Crippen LogP contribution is 2.28. The molecule has 1 aromatic rings. The predicted octanol–water partition coefficient (Wildman–Crippen LogP) is 2.65. The summed E-state index contributed by atoms with van der Waals surface area (Å²) in [7, 11) is 1.35. The monoisotopic (exact) mass is 287 g/mol. The van der Waals surface area contributed by atoms with E-state index >= 15 is 0 Å². The van der Waals surface area contributed by atoms with Gasteiger partial charge < -0.3 is 10.1 Å². The number of esters is 1. The summed E-state index contributed by atoms with van der Waals surface area (Å²) in [5.74, 6) is -1.28. The first-order valence-corrected chi connectivity index (χ1v) is 6.29. The van der Waals surface area contributed by atoms with Crippen LogP contribution in [0.4, 0.5) is 4.39 Å². The molecule has 0 amide bonds. The van der Waals surface area contributed by atoms with Crippen LogP contribution in [0.1, 0.15) is 30.7 Å². The third kappa shape index (κ3) is 3.67. The van der Waals surface area contributed by atoms with E-state index in [1.54, 1.807) is 18.2 Å². The van der Waals surface area contributed by atoms with E-state index in [4.69, 9.17) is 4.74 Å². The molecule has 0 bridgehead atoms. The Morgan fingerprint density at radius 1 is 1.42 bits per heavy atom. The maximum atomic E-state index is 13.9. The minimum absolute atomic E-state index is 0. The quantitative estimate of drug-likeness (QED) is 0.869. The molecule has 3 nitrogen and oxygen atoms in total. The molecule has 0 spiro atoms. The summed E-state index contributed by atoms with van der Waals surface area (Å²) in [5.41, 5.74) is 0.420. The first kappa shape index (κ1) is 15.9. The van der Waals surface area contributed by atoms with E-state index in [2.05, 4.69) is 5.32 Å². The number of hydrogen-bond donors (Lipinski definition) is 1. The maximum absolute atomic E-state index is 13.9. The van der Waals surface area contributed by atoms with Gasteiger partial charge in [-0.25, -0.2) is 4.39 Å². The van der Waals surface area contributed by atoms with Gasteiger partial charge >= 0.3 is 5.97 Å². The highest BCUT2D eigenvalue weighted by atomic mass is 35.5. The van der Waals surface area contributed by atoms with Gasteiger partial charge in [-0.1, -0.05) is 24.6 Å². The standard InChI is InChI=1S/C14H18FNO2.ClH/c1-18-14(17)13(12-8-4-5-9-16-12)10-6-2-3-7-11(10)15;/h2-3,6-7,12-13,16H,4-5,8-9H2,1H3;1H/t12-,13-;/m0./s1. The van der Waals surface area contributed by atoms with Gasteiger partial charge in [0.05, 0.1) is 13.0 Å². The summed E-state index contributed by atoms with van der Waals surface area (Å²) in [5, 5.41) is 3.29. The van der Waals surface area contributed by atoms with E-state index in [9.17, 15) is 9.18 Å². The van der Waals surface area contributed by atoms with Crippen molar-refractivity contribution in [2.24, 2.45) is 0 Å². The molecule has 0 aliphatic carbocycles. The van der Waals surface area contributed by atoms with Crippen molar-refractivity contribution in [3.05, 3.63) is 35.6 Å². The van der Waals surface area contributed by atoms with E-state index in [-0.39, 0.29) is 30.2 Å². The Balaban J connectivity index is 0.00000180. The summed E-state index contributed by atoms with van der Waals surface area (Å²) >= 11 is 0. The van der Waals surface area contributed by atoms with Crippen LogP contribution in [0.15, 0.2) is 24.3 Å². The number of piperidine rings is 1. The SMILES string of the molecule is COC(=O)[C@@H](c1ccccc1F)[C@@H]1CCCCN1.Cl. The van der Waals surface area contributed by atoms with Crippen LogP contribution in [0.3, 0.4) is 0 Å². The molecule has 5 heteroatoms. The lowest BCUT2D eigenvalue weighted by Crippen LogP contribution is -2.42. The van der Waals surface area contributed by atoms with Crippen molar-refractivity contribution in [2.45, 2.75) is 31.2 Å². The van der Waals surface area contributed by atoms with E-state index in [1.807, 2.05) is 0 Å². The predicted molar refractivity (Wildman–Crippen MR) is 74.0 cm³/mol. The van der Waals surface area contributed by atoms with E-state index in [0.29, 0.717) is 5.56 Å². The Labute approximate surface area is 118 Å². The van der Waals surface area contributed by atoms with Gasteiger partial charge in [0.1, 0.15) is 5.82 Å². The van der Waals surface area contributed by atoms with Crippen LogP contribution in [0.5, 0.6) is 0 Å². The van der Waals surface area contributed by atoms with Gasteiger partial charge in [0.2, 0.25) is 0 Å². The molecule has 0 saturated carbocycles. The third-order valence-electron chi connectivity index (χ3n) is 3.45. The molecule has 1 aromatic carbocycles. The molecule has 0 unspecified atom stereocenters. The first-order valence-electron chi connectivity index (χ1n) is 6.29. The highest BCUT2D eigenvalue weighted by Gasteiger charge is 2.33. The van der Waals surface area contributed by atoms with E-state index in [1.165, 1.54) is 13.2 Å². The van der Waals surface area contributed by atoms with Gasteiger partial charge in [-0.3, -0.25) is 4.79 Å². The summed E-state index contributed by atoms with van der Waals surface area (Å²) in [4.78, 5) is 11.9. The minimum atomic E-state index is -0.559. The molecule has 1 N–H and O–H groups in total. The lowest BCUT2D eigenvalue weighted by Gasteiger charge is -2.30. The molecule has 1 aliphatic rings. The van der Waals surface area contributed by atoms with Gasteiger partial charge in [0, 0.05) is 11.6 Å². The van der Waals surface area contributed by atoms with Crippen LogP contribution in [0.25, 0.3) is 0 Å². The van der Waals surface area contributed by atoms with Crippen molar-refractivity contribution in [2.75, 3.05) is 13.7 Å². The number of hydrogen-bond acceptors (Lipinski definition) is 3. The topological polar surface area (TPSA) is 38.3 Å². The van der Waals surface area contributed by atoms with Crippen molar-refractivity contribution in [3.8, 4) is 0 Å². The average Bonchev–Trinajstić information content (AvgIpc) is 2.42. The number of rotatable bonds is 3. The Hall–Kier alpha value is -1.13. The van der Waals surface area contributed by atoms with Crippen LogP contribution in [0.2, 0.25) is 0 Å². The number of ether oxygens (including phenoxy) is 1. The Kier molecular flexibility index (Phi) is 6.25. The lowest BCUT2D eigenvalue weighted by atomic mass is 9.86. The van der Waals surface area contributed by atoms with E-state index < -0.39 is 5.92 Å². The number of carbonyl (C=O) groups excluding carboxylic acids is 1. The molecule has 2 atom stereocenters. The zero-order chi connectivity index (χ0) is 13.0. The van der Waals surface area contributed by atoms with Crippen LogP contribution < -0.4 is 5.32 Å². The van der Waals surface area contributed by atoms with Gasteiger partial charge in [0.25, 0.3) is 0 Å². The van der Waals surface area contributed by atoms with Gasteiger partial charge in [-0.05, 0) is 25.5 Å². The fraction of sp³-hybridized carbons (Fsp3) is 0.500. The number of methoxy groups -OCH3 is 1. The summed E-state index contributed by atoms with van der Waals surface area (Å²) in [6.07, 6.45) is 3.02. The van der Waals surface area contributed by atoms with Crippen molar-refractivity contribution in [1.29, 1.82) is 0 Å². The smallest absolute Gasteiger partial charge is 0.314 e. The molecule has 1 fully saturated rings. The normalized spacial score (nSPS) is 20.2. The average molecular weight is 288 g/mol. The number of carbonyl (C=O) groups is 1. The Morgan fingerprint density at radius 3 is 2.74 bits per heavy atom. The second-order valence-electron chi connectivity index (χ2n) is 4.58. The van der Waals surface area contributed by atoms with Crippen molar-refractivity contribution in [3.63, 3.8) is 0 Å². The fourth-order valence-electron chi connectivity index (χ4n) is 2.53. The molecule has 106 valence electrons. The minimum Gasteiger partial charge on any atom is -0.469 e. The molecule has 0 radical (unpaired) electrons. The van der Waals surface area contributed by atoms with Gasteiger partial charge in [-0.2, -0.15) is 0 Å². The fourth-order valence-corrected chi connectivity index (χ4v) is 2.53. The number of nitrogens with one attached hydrogen (secondary N) is 1. The number of benzene rings is 1. The molecule has 1 aliphatic heterocycles.